The van der Waals surface area contributed by atoms with Gasteiger partial charge in [-0.05, 0) is 29.7 Å². The first-order chi connectivity index (χ1) is 9.60. The van der Waals surface area contributed by atoms with Crippen molar-refractivity contribution in [3.05, 3.63) is 47.3 Å². The number of halogens is 1. The molecule has 116 valence electrons. The molecule has 5 heteroatoms. The highest BCUT2D eigenvalue weighted by atomic mass is 35.5. The van der Waals surface area contributed by atoms with E-state index in [9.17, 15) is 0 Å². The van der Waals surface area contributed by atoms with E-state index >= 15 is 0 Å². The van der Waals surface area contributed by atoms with Gasteiger partial charge >= 0.3 is 0 Å². The molecule has 0 radical (unpaired) electrons. The summed E-state index contributed by atoms with van der Waals surface area (Å²) in [7, 11) is 3.68. The van der Waals surface area contributed by atoms with Gasteiger partial charge in [0.15, 0.2) is 0 Å². The summed E-state index contributed by atoms with van der Waals surface area (Å²) >= 11 is 0. The van der Waals surface area contributed by atoms with Gasteiger partial charge in [-0.15, -0.1) is 12.4 Å². The van der Waals surface area contributed by atoms with Crippen LogP contribution in [0.5, 0.6) is 5.75 Å². The molecule has 0 saturated carbocycles. The number of benzene rings is 1. The fourth-order valence-corrected chi connectivity index (χ4v) is 2.06. The maximum absolute atomic E-state index is 5.15. The smallest absolute Gasteiger partial charge is 0.118 e. The van der Waals surface area contributed by atoms with Crippen molar-refractivity contribution in [1.82, 2.24) is 15.1 Å². The van der Waals surface area contributed by atoms with Crippen LogP contribution in [0.3, 0.4) is 0 Å². The molecule has 0 unspecified atom stereocenters. The first kappa shape index (κ1) is 17.5. The maximum atomic E-state index is 5.15. The van der Waals surface area contributed by atoms with Crippen LogP contribution in [0.4, 0.5) is 0 Å². The molecular weight excluding hydrogens is 286 g/mol. The predicted molar refractivity (Wildman–Crippen MR) is 88.1 cm³/mol. The Kier molecular flexibility index (Phi) is 6.72. The number of rotatable bonds is 6. The monoisotopic (exact) mass is 309 g/mol. The number of ether oxygens (including phenoxy) is 1. The molecule has 0 aliphatic heterocycles. The number of aryl methyl sites for hydroxylation is 1. The Labute approximate surface area is 132 Å². The second-order valence-electron chi connectivity index (χ2n) is 5.29. The molecule has 0 saturated heterocycles. The quantitative estimate of drug-likeness (QED) is 0.890. The number of methoxy groups -OCH3 is 1. The van der Waals surface area contributed by atoms with E-state index in [1.165, 1.54) is 11.3 Å². The van der Waals surface area contributed by atoms with Gasteiger partial charge < -0.3 is 10.1 Å². The topological polar surface area (TPSA) is 39.1 Å². The molecule has 0 fully saturated rings. The highest BCUT2D eigenvalue weighted by Crippen LogP contribution is 2.14. The second kappa shape index (κ2) is 8.05. The molecule has 1 heterocycles. The molecule has 4 nitrogen and oxygen atoms in total. The molecule has 1 N–H and O–H groups in total. The normalized spacial score (nSPS) is 10.5. The predicted octanol–water partition coefficient (Wildman–Crippen LogP) is 3.26. The number of hydrogen-bond donors (Lipinski definition) is 1. The van der Waals surface area contributed by atoms with Crippen molar-refractivity contribution in [2.24, 2.45) is 7.05 Å². The van der Waals surface area contributed by atoms with Gasteiger partial charge in [0.2, 0.25) is 0 Å². The Bertz CT molecular complexity index is 549. The fourth-order valence-electron chi connectivity index (χ4n) is 2.06. The molecule has 0 aliphatic rings. The summed E-state index contributed by atoms with van der Waals surface area (Å²) in [5, 5.41) is 7.97. The van der Waals surface area contributed by atoms with E-state index in [-0.39, 0.29) is 12.4 Å². The molecule has 2 aromatic rings. The summed E-state index contributed by atoms with van der Waals surface area (Å²) in [5.41, 5.74) is 3.60. The molecule has 0 atom stereocenters. The molecule has 1 aromatic carbocycles. The highest BCUT2D eigenvalue weighted by molar-refractivity contribution is 5.85. The lowest BCUT2D eigenvalue weighted by molar-refractivity contribution is 0.414. The maximum Gasteiger partial charge on any atom is 0.118 e. The van der Waals surface area contributed by atoms with Gasteiger partial charge in [0.25, 0.3) is 0 Å². The Hall–Kier alpha value is -1.52. The van der Waals surface area contributed by atoms with Crippen molar-refractivity contribution >= 4 is 12.4 Å². The Morgan fingerprint density at radius 2 is 1.86 bits per heavy atom. The second-order valence-corrected chi connectivity index (χ2v) is 5.29. The zero-order valence-corrected chi connectivity index (χ0v) is 13.9. The largest absolute Gasteiger partial charge is 0.497 e. The summed E-state index contributed by atoms with van der Waals surface area (Å²) in [6, 6.07) is 10.3. The van der Waals surface area contributed by atoms with Crippen LogP contribution in [0.25, 0.3) is 0 Å². The molecule has 21 heavy (non-hydrogen) atoms. The zero-order chi connectivity index (χ0) is 14.5. The van der Waals surface area contributed by atoms with Crippen LogP contribution in [0.2, 0.25) is 0 Å². The van der Waals surface area contributed by atoms with Crippen LogP contribution < -0.4 is 10.1 Å². The Morgan fingerprint density at radius 1 is 1.19 bits per heavy atom. The fraction of sp³-hybridized carbons (Fsp3) is 0.438. The standard InChI is InChI=1S/C16H23N3O.ClH/c1-12(2)16-9-14(19(3)18-16)11-17-10-13-5-7-15(20-4)8-6-13;/h5-9,12,17H,10-11H2,1-4H3;1H. The van der Waals surface area contributed by atoms with Gasteiger partial charge in [-0.2, -0.15) is 5.10 Å². The number of nitrogens with one attached hydrogen (secondary N) is 1. The van der Waals surface area contributed by atoms with E-state index in [1.807, 2.05) is 23.9 Å². The van der Waals surface area contributed by atoms with Gasteiger partial charge in [-0.1, -0.05) is 26.0 Å². The van der Waals surface area contributed by atoms with Crippen molar-refractivity contribution in [3.8, 4) is 5.75 Å². The van der Waals surface area contributed by atoms with Gasteiger partial charge in [0.05, 0.1) is 18.5 Å². The van der Waals surface area contributed by atoms with Gasteiger partial charge in [0.1, 0.15) is 5.75 Å². The van der Waals surface area contributed by atoms with Gasteiger partial charge in [-0.25, -0.2) is 0 Å². The van der Waals surface area contributed by atoms with E-state index in [0.29, 0.717) is 5.92 Å². The van der Waals surface area contributed by atoms with Crippen molar-refractivity contribution in [3.63, 3.8) is 0 Å². The first-order valence-electron chi connectivity index (χ1n) is 6.96. The van der Waals surface area contributed by atoms with E-state index in [0.717, 1.165) is 24.5 Å². The summed E-state index contributed by atoms with van der Waals surface area (Å²) in [5.74, 6) is 1.36. The van der Waals surface area contributed by atoms with Gasteiger partial charge in [0, 0.05) is 20.1 Å². The third-order valence-electron chi connectivity index (χ3n) is 3.38. The molecule has 0 spiro atoms. The minimum absolute atomic E-state index is 0. The summed E-state index contributed by atoms with van der Waals surface area (Å²) in [6.45, 7) is 5.99. The molecule has 2 rings (SSSR count). The molecule has 0 amide bonds. The van der Waals surface area contributed by atoms with Crippen molar-refractivity contribution in [2.75, 3.05) is 7.11 Å². The lowest BCUT2D eigenvalue weighted by Gasteiger charge is -2.06. The summed E-state index contributed by atoms with van der Waals surface area (Å²) in [6.07, 6.45) is 0. The van der Waals surface area contributed by atoms with E-state index in [2.05, 4.69) is 42.5 Å². The van der Waals surface area contributed by atoms with E-state index in [4.69, 9.17) is 4.74 Å². The summed E-state index contributed by atoms with van der Waals surface area (Å²) in [4.78, 5) is 0. The third kappa shape index (κ3) is 4.76. The van der Waals surface area contributed by atoms with Crippen LogP contribution in [0, 0.1) is 0 Å². The average Bonchev–Trinajstić information content (AvgIpc) is 2.81. The molecular formula is C16H24ClN3O. The van der Waals surface area contributed by atoms with E-state index in [1.54, 1.807) is 7.11 Å². The number of nitrogens with zero attached hydrogens (tertiary/aromatic N) is 2. The minimum Gasteiger partial charge on any atom is -0.497 e. The number of aromatic nitrogens is 2. The Morgan fingerprint density at radius 3 is 2.38 bits per heavy atom. The summed E-state index contributed by atoms with van der Waals surface area (Å²) < 4.78 is 7.11. The SMILES string of the molecule is COc1ccc(CNCc2cc(C(C)C)nn2C)cc1.Cl. The number of hydrogen-bond acceptors (Lipinski definition) is 3. The van der Waals surface area contributed by atoms with Crippen molar-refractivity contribution in [1.29, 1.82) is 0 Å². The zero-order valence-electron chi connectivity index (χ0n) is 13.1. The highest BCUT2D eigenvalue weighted by Gasteiger charge is 2.07. The minimum atomic E-state index is 0. The van der Waals surface area contributed by atoms with Crippen LogP contribution in [-0.2, 0) is 20.1 Å². The lowest BCUT2D eigenvalue weighted by Crippen LogP contribution is -2.15. The first-order valence-corrected chi connectivity index (χ1v) is 6.96. The van der Waals surface area contributed by atoms with E-state index < -0.39 is 0 Å². The third-order valence-corrected chi connectivity index (χ3v) is 3.38. The molecule has 0 bridgehead atoms. The molecule has 1 aromatic heterocycles. The lowest BCUT2D eigenvalue weighted by atomic mass is 10.1. The van der Waals surface area contributed by atoms with Crippen LogP contribution >= 0.6 is 12.4 Å². The average molecular weight is 310 g/mol. The molecule has 0 aliphatic carbocycles. The van der Waals surface area contributed by atoms with Crippen molar-refractivity contribution < 1.29 is 4.74 Å². The Balaban J connectivity index is 0.00000220. The van der Waals surface area contributed by atoms with Crippen LogP contribution in [-0.4, -0.2) is 16.9 Å². The van der Waals surface area contributed by atoms with Crippen molar-refractivity contribution in [2.45, 2.75) is 32.9 Å². The van der Waals surface area contributed by atoms with Gasteiger partial charge in [-0.3, -0.25) is 4.68 Å². The van der Waals surface area contributed by atoms with Crippen LogP contribution in [0.15, 0.2) is 30.3 Å². The van der Waals surface area contributed by atoms with Crippen LogP contribution in [0.1, 0.15) is 36.7 Å².